The van der Waals surface area contributed by atoms with Crippen LogP contribution in [0, 0.1) is 12.3 Å². The van der Waals surface area contributed by atoms with E-state index < -0.39 is 18.8 Å². The van der Waals surface area contributed by atoms with Crippen molar-refractivity contribution >= 4 is 23.4 Å². The minimum absolute atomic E-state index is 0.0885. The Balaban J connectivity index is 1.50. The molecular formula is C30H38F3N5O3. The Bertz CT molecular complexity index is 1280. The number of hydrogen-bond donors (Lipinski definition) is 4. The number of piperazine rings is 1. The number of ether oxygens (including phenoxy) is 1. The normalized spacial score (nSPS) is 20.9. The predicted molar refractivity (Wildman–Crippen MR) is 154 cm³/mol. The third-order valence-corrected chi connectivity index (χ3v) is 8.03. The number of benzene rings is 2. The van der Waals surface area contributed by atoms with Crippen molar-refractivity contribution in [3.05, 3.63) is 64.9 Å². The summed E-state index contributed by atoms with van der Waals surface area (Å²) >= 11 is 0. The van der Waals surface area contributed by atoms with E-state index in [-0.39, 0.29) is 24.0 Å². The molecule has 1 amide bonds. The molecule has 4 rings (SSSR count). The zero-order chi connectivity index (χ0) is 29.9. The van der Waals surface area contributed by atoms with Crippen molar-refractivity contribution in [1.82, 2.24) is 15.5 Å². The van der Waals surface area contributed by atoms with E-state index in [1.165, 1.54) is 6.21 Å². The van der Waals surface area contributed by atoms with Gasteiger partial charge in [0.2, 0.25) is 0 Å². The minimum atomic E-state index is -4.63. The maximum Gasteiger partial charge on any atom is 0.415 e. The first-order valence-corrected chi connectivity index (χ1v) is 13.7. The van der Waals surface area contributed by atoms with E-state index in [2.05, 4.69) is 15.5 Å². The lowest BCUT2D eigenvalue weighted by molar-refractivity contribution is -0.210. The van der Waals surface area contributed by atoms with Crippen molar-refractivity contribution in [2.45, 2.75) is 57.1 Å². The van der Waals surface area contributed by atoms with E-state index in [1.54, 1.807) is 25.3 Å². The highest BCUT2D eigenvalue weighted by Crippen LogP contribution is 2.35. The third kappa shape index (κ3) is 6.84. The predicted octanol–water partition coefficient (Wildman–Crippen LogP) is 4.28. The van der Waals surface area contributed by atoms with Crippen LogP contribution in [0.25, 0.3) is 5.57 Å². The number of rotatable bonds is 10. The zero-order valence-electron chi connectivity index (χ0n) is 23.8. The van der Waals surface area contributed by atoms with Crippen molar-refractivity contribution in [1.29, 1.82) is 5.41 Å². The van der Waals surface area contributed by atoms with E-state index in [4.69, 9.17) is 10.1 Å². The molecule has 41 heavy (non-hydrogen) atoms. The van der Waals surface area contributed by atoms with Crippen LogP contribution in [0.4, 0.5) is 18.9 Å². The average molecular weight is 574 g/mol. The molecule has 2 aliphatic rings. The number of halogens is 3. The van der Waals surface area contributed by atoms with Gasteiger partial charge in [0.05, 0.1) is 13.2 Å². The number of hydrogen-bond acceptors (Lipinski definition) is 7. The zero-order valence-corrected chi connectivity index (χ0v) is 23.8. The lowest BCUT2D eigenvalue weighted by atomic mass is 9.99. The summed E-state index contributed by atoms with van der Waals surface area (Å²) in [5.74, 6) is 0.367. The van der Waals surface area contributed by atoms with Crippen LogP contribution < -0.4 is 20.3 Å². The number of aliphatic hydroxyl groups is 1. The second-order valence-electron chi connectivity index (χ2n) is 10.8. The lowest BCUT2D eigenvalue weighted by Gasteiger charge is -2.43. The van der Waals surface area contributed by atoms with Crippen molar-refractivity contribution < 1.29 is 27.8 Å². The van der Waals surface area contributed by atoms with Crippen LogP contribution in [-0.2, 0) is 0 Å². The first-order valence-electron chi connectivity index (χ1n) is 13.7. The highest BCUT2D eigenvalue weighted by Gasteiger charge is 2.46. The van der Waals surface area contributed by atoms with Gasteiger partial charge in [0.25, 0.3) is 5.91 Å². The Labute approximate surface area is 238 Å². The molecule has 2 aliphatic heterocycles. The molecule has 4 N–H and O–H groups in total. The van der Waals surface area contributed by atoms with Gasteiger partial charge in [0.1, 0.15) is 5.75 Å². The van der Waals surface area contributed by atoms with Gasteiger partial charge in [-0.15, -0.1) is 0 Å². The Morgan fingerprint density at radius 1 is 1.20 bits per heavy atom. The number of methoxy groups -OCH3 is 1. The van der Waals surface area contributed by atoms with Crippen molar-refractivity contribution in [3.8, 4) is 5.75 Å². The molecule has 2 saturated heterocycles. The number of carbonyl (C=O) groups is 1. The highest BCUT2D eigenvalue weighted by atomic mass is 19.4. The summed E-state index contributed by atoms with van der Waals surface area (Å²) in [6, 6.07) is 10.7. The number of aliphatic hydroxyl groups excluding tert-OH is 1. The summed E-state index contributed by atoms with van der Waals surface area (Å²) in [6.45, 7) is 4.40. The number of allylic oxidation sites excluding steroid dienone is 1. The van der Waals surface area contributed by atoms with Crippen LogP contribution in [0.5, 0.6) is 5.75 Å². The maximum atomic E-state index is 13.5. The first kappa shape index (κ1) is 30.4. The molecule has 8 nitrogen and oxygen atoms in total. The Morgan fingerprint density at radius 3 is 2.46 bits per heavy atom. The summed E-state index contributed by atoms with van der Waals surface area (Å²) in [5, 5.41) is 23.4. The molecular weight excluding hydrogens is 535 g/mol. The molecule has 2 bridgehead atoms. The van der Waals surface area contributed by atoms with Crippen LogP contribution in [0.15, 0.2) is 42.6 Å². The second kappa shape index (κ2) is 12.5. The fourth-order valence-electron chi connectivity index (χ4n) is 5.73. The van der Waals surface area contributed by atoms with Crippen molar-refractivity contribution in [2.24, 2.45) is 0 Å². The minimum Gasteiger partial charge on any atom is -0.497 e. The van der Waals surface area contributed by atoms with Crippen LogP contribution in [-0.4, -0.2) is 80.3 Å². The number of aryl methyl sites for hydroxylation is 1. The number of anilines is 1. The number of nitrogens with zero attached hydrogens (tertiary/aromatic N) is 2. The summed E-state index contributed by atoms with van der Waals surface area (Å²) in [6.07, 6.45) is -2.48. The number of alkyl halides is 3. The molecule has 0 aliphatic carbocycles. The highest BCUT2D eigenvalue weighted by molar-refractivity contribution is 6.08. The molecule has 0 saturated carbocycles. The van der Waals surface area contributed by atoms with E-state index in [0.29, 0.717) is 30.0 Å². The topological polar surface area (TPSA) is 101 Å². The summed E-state index contributed by atoms with van der Waals surface area (Å²) in [5.41, 5.74) is 4.44. The van der Waals surface area contributed by atoms with Crippen LogP contribution >= 0.6 is 0 Å². The van der Waals surface area contributed by atoms with Crippen molar-refractivity contribution in [2.75, 3.05) is 38.7 Å². The van der Waals surface area contributed by atoms with Gasteiger partial charge in [-0.1, -0.05) is 6.07 Å². The van der Waals surface area contributed by atoms with E-state index in [9.17, 15) is 23.1 Å². The molecule has 4 atom stereocenters. The Kier molecular flexibility index (Phi) is 9.28. The van der Waals surface area contributed by atoms with Gasteiger partial charge >= 0.3 is 6.18 Å². The number of fused-ring (bicyclic) bond motifs is 2. The van der Waals surface area contributed by atoms with E-state index in [1.807, 2.05) is 50.2 Å². The van der Waals surface area contributed by atoms with Gasteiger partial charge < -0.3 is 30.8 Å². The maximum absolute atomic E-state index is 13.5. The van der Waals surface area contributed by atoms with Gasteiger partial charge in [0, 0.05) is 68.0 Å². The monoisotopic (exact) mass is 573 g/mol. The Morgan fingerprint density at radius 2 is 1.88 bits per heavy atom. The molecule has 11 heteroatoms. The Hall–Kier alpha value is -3.57. The van der Waals surface area contributed by atoms with Crippen LogP contribution in [0.2, 0.25) is 0 Å². The fraction of sp³-hybridized carbons (Fsp3) is 0.467. The summed E-state index contributed by atoms with van der Waals surface area (Å²) < 4.78 is 44.4. The van der Waals surface area contributed by atoms with Gasteiger partial charge in [0.15, 0.2) is 6.10 Å². The van der Waals surface area contributed by atoms with Crippen LogP contribution in [0.3, 0.4) is 0 Å². The largest absolute Gasteiger partial charge is 0.497 e. The number of carbonyl (C=O) groups excluding carboxylic acids is 1. The summed E-state index contributed by atoms with van der Waals surface area (Å²) in [7, 11) is 3.32. The lowest BCUT2D eigenvalue weighted by Crippen LogP contribution is -2.57. The van der Waals surface area contributed by atoms with Gasteiger partial charge in [-0.2, -0.15) is 13.2 Å². The van der Waals surface area contributed by atoms with E-state index >= 15 is 0 Å². The molecule has 222 valence electrons. The molecule has 2 aromatic rings. The fourth-order valence-corrected chi connectivity index (χ4v) is 5.73. The third-order valence-electron chi connectivity index (χ3n) is 8.03. The average Bonchev–Trinajstić information content (AvgIpc) is 3.16. The molecule has 0 spiro atoms. The van der Waals surface area contributed by atoms with Gasteiger partial charge in [-0.25, -0.2) is 0 Å². The molecule has 0 unspecified atom stereocenters. The van der Waals surface area contributed by atoms with Crippen LogP contribution in [0.1, 0.15) is 52.9 Å². The van der Waals surface area contributed by atoms with E-state index in [0.717, 1.165) is 35.2 Å². The smallest absolute Gasteiger partial charge is 0.415 e. The SMILES string of the molecule is CN/C=C(\C=N)c1cc(OC)cc([C@@H](C)NC(=O)c2cc(N3C[C@H]4CC[C@@H](C3)N4C[C@@H](O)C(F)(F)F)ccc2C)c1. The molecule has 2 aromatic carbocycles. The quantitative estimate of drug-likeness (QED) is 0.317. The molecule has 0 aromatic heterocycles. The van der Waals surface area contributed by atoms with Gasteiger partial charge in [-0.3, -0.25) is 9.69 Å². The molecule has 0 radical (unpaired) electrons. The second-order valence-corrected chi connectivity index (χ2v) is 10.8. The van der Waals surface area contributed by atoms with Crippen molar-refractivity contribution in [3.63, 3.8) is 0 Å². The molecule has 2 heterocycles. The summed E-state index contributed by atoms with van der Waals surface area (Å²) in [4.78, 5) is 17.4. The number of nitrogens with one attached hydrogen (secondary N) is 3. The molecule has 2 fully saturated rings. The van der Waals surface area contributed by atoms with Gasteiger partial charge in [-0.05, 0) is 73.7 Å². The standard InChI is InChI=1S/C30H38F3N5O3/c1-18-5-6-23(37-15-24-7-8-25(16-37)38(24)17-28(39)30(31,32)33)12-27(18)29(40)36-19(2)20-9-21(11-26(10-20)41-4)22(13-34)14-35-3/h5-6,9-14,19,24-25,28,34-35,39H,7-8,15-17H2,1-4H3,(H,36,40)/b22-14+,34-13?/t19-,24-,25+,28-/m1/s1. The first-order chi connectivity index (χ1) is 19.4. The number of amides is 1.